The molecule has 0 radical (unpaired) electrons. The van der Waals surface area contributed by atoms with Gasteiger partial charge in [-0.25, -0.2) is 0 Å². The molecule has 0 amide bonds. The van der Waals surface area contributed by atoms with Crippen molar-refractivity contribution in [2.75, 3.05) is 6.54 Å². The molecule has 1 fully saturated rings. The quantitative estimate of drug-likeness (QED) is 0.633. The molecule has 0 saturated heterocycles. The summed E-state index contributed by atoms with van der Waals surface area (Å²) >= 11 is 0. The highest BCUT2D eigenvalue weighted by Crippen LogP contribution is 2.41. The van der Waals surface area contributed by atoms with Crippen LogP contribution in [0.4, 0.5) is 0 Å². The van der Waals surface area contributed by atoms with E-state index in [2.05, 4.69) is 39.9 Å². The van der Waals surface area contributed by atoms with Crippen molar-refractivity contribution in [2.24, 2.45) is 23.7 Å². The summed E-state index contributed by atoms with van der Waals surface area (Å²) in [6.45, 7) is 12.9. The molecule has 3 atom stereocenters. The minimum absolute atomic E-state index is 0.635. The molecule has 1 saturated carbocycles. The first-order chi connectivity index (χ1) is 9.12. The van der Waals surface area contributed by atoms with Gasteiger partial charge in [0.15, 0.2) is 0 Å². The predicted octanol–water partition coefficient (Wildman–Crippen LogP) is 5.25. The van der Waals surface area contributed by atoms with E-state index >= 15 is 0 Å². The van der Waals surface area contributed by atoms with E-state index in [1.54, 1.807) is 0 Å². The SMILES string of the molecule is CCCC1CCC(CNC(C)C)C(C(CC)CC)C1. The molecule has 1 heteroatoms. The van der Waals surface area contributed by atoms with Crippen LogP contribution in [0.3, 0.4) is 0 Å². The van der Waals surface area contributed by atoms with Crippen LogP contribution in [0.25, 0.3) is 0 Å². The van der Waals surface area contributed by atoms with Crippen LogP contribution in [0.2, 0.25) is 0 Å². The van der Waals surface area contributed by atoms with E-state index in [0.29, 0.717) is 6.04 Å². The summed E-state index contributed by atoms with van der Waals surface area (Å²) in [5.41, 5.74) is 0. The highest BCUT2D eigenvalue weighted by atomic mass is 14.9. The van der Waals surface area contributed by atoms with E-state index in [-0.39, 0.29) is 0 Å². The van der Waals surface area contributed by atoms with Crippen molar-refractivity contribution in [3.8, 4) is 0 Å². The van der Waals surface area contributed by atoms with Gasteiger partial charge in [0.05, 0.1) is 0 Å². The Morgan fingerprint density at radius 2 is 1.74 bits per heavy atom. The van der Waals surface area contributed by atoms with E-state index in [4.69, 9.17) is 0 Å². The van der Waals surface area contributed by atoms with Crippen molar-refractivity contribution in [3.63, 3.8) is 0 Å². The van der Waals surface area contributed by atoms with Crippen molar-refractivity contribution in [1.82, 2.24) is 5.32 Å². The number of rotatable bonds is 8. The van der Waals surface area contributed by atoms with Crippen molar-refractivity contribution < 1.29 is 0 Å². The molecule has 0 aliphatic heterocycles. The summed E-state index contributed by atoms with van der Waals surface area (Å²) in [6, 6.07) is 0.635. The van der Waals surface area contributed by atoms with Crippen LogP contribution < -0.4 is 5.32 Å². The third kappa shape index (κ3) is 5.45. The molecule has 0 spiro atoms. The summed E-state index contributed by atoms with van der Waals surface area (Å²) in [6.07, 6.45) is 10.0. The van der Waals surface area contributed by atoms with Crippen LogP contribution in [-0.4, -0.2) is 12.6 Å². The lowest BCUT2D eigenvalue weighted by molar-refractivity contribution is 0.107. The van der Waals surface area contributed by atoms with Crippen molar-refractivity contribution in [2.45, 2.75) is 85.6 Å². The van der Waals surface area contributed by atoms with E-state index in [0.717, 1.165) is 23.7 Å². The first-order valence-corrected chi connectivity index (χ1v) is 8.85. The molecular formula is C18H37N. The first-order valence-electron chi connectivity index (χ1n) is 8.85. The molecule has 0 aromatic rings. The fourth-order valence-corrected chi connectivity index (χ4v) is 4.14. The van der Waals surface area contributed by atoms with E-state index in [1.165, 1.54) is 51.5 Å². The maximum Gasteiger partial charge on any atom is 0.00104 e. The Labute approximate surface area is 121 Å². The maximum atomic E-state index is 3.70. The monoisotopic (exact) mass is 267 g/mol. The largest absolute Gasteiger partial charge is 0.314 e. The van der Waals surface area contributed by atoms with Crippen molar-refractivity contribution in [3.05, 3.63) is 0 Å². The molecule has 1 aliphatic carbocycles. The fraction of sp³-hybridized carbons (Fsp3) is 1.00. The van der Waals surface area contributed by atoms with Crippen molar-refractivity contribution >= 4 is 0 Å². The lowest BCUT2D eigenvalue weighted by Gasteiger charge is -2.41. The highest BCUT2D eigenvalue weighted by molar-refractivity contribution is 4.85. The average Bonchev–Trinajstić information content (AvgIpc) is 2.39. The van der Waals surface area contributed by atoms with Gasteiger partial charge < -0.3 is 5.32 Å². The van der Waals surface area contributed by atoms with E-state index in [1.807, 2.05) is 0 Å². The Morgan fingerprint density at radius 3 is 2.26 bits per heavy atom. The van der Waals surface area contributed by atoms with Gasteiger partial charge in [-0.3, -0.25) is 0 Å². The standard InChI is InChI=1S/C18H37N/c1-6-9-15-10-11-17(13-19-14(4)5)18(12-15)16(7-2)8-3/h14-19H,6-13H2,1-5H3. The van der Waals surface area contributed by atoms with Crippen LogP contribution in [-0.2, 0) is 0 Å². The van der Waals surface area contributed by atoms with Crippen LogP contribution in [0.1, 0.15) is 79.6 Å². The van der Waals surface area contributed by atoms with E-state index in [9.17, 15) is 0 Å². The van der Waals surface area contributed by atoms with Crippen LogP contribution in [0.15, 0.2) is 0 Å². The smallest absolute Gasteiger partial charge is 0.00104 e. The Hall–Kier alpha value is -0.0400. The second kappa shape index (κ2) is 9.00. The highest BCUT2D eigenvalue weighted by Gasteiger charge is 2.33. The lowest BCUT2D eigenvalue weighted by atomic mass is 9.66. The van der Waals surface area contributed by atoms with E-state index < -0.39 is 0 Å². The number of nitrogens with one attached hydrogen (secondary N) is 1. The van der Waals surface area contributed by atoms with Gasteiger partial charge in [0.1, 0.15) is 0 Å². The third-order valence-electron chi connectivity index (χ3n) is 5.30. The normalized spacial score (nSPS) is 28.3. The van der Waals surface area contributed by atoms with Crippen LogP contribution in [0.5, 0.6) is 0 Å². The van der Waals surface area contributed by atoms with Gasteiger partial charge in [0, 0.05) is 6.04 Å². The van der Waals surface area contributed by atoms with Gasteiger partial charge in [-0.05, 0) is 43.1 Å². The zero-order valence-corrected chi connectivity index (χ0v) is 14.0. The second-order valence-corrected chi connectivity index (χ2v) is 7.03. The molecule has 3 unspecified atom stereocenters. The minimum Gasteiger partial charge on any atom is -0.314 e. The fourth-order valence-electron chi connectivity index (χ4n) is 4.14. The molecule has 1 aliphatic rings. The summed E-state index contributed by atoms with van der Waals surface area (Å²) < 4.78 is 0. The van der Waals surface area contributed by atoms with Crippen LogP contribution >= 0.6 is 0 Å². The van der Waals surface area contributed by atoms with Gasteiger partial charge in [-0.2, -0.15) is 0 Å². The van der Waals surface area contributed by atoms with Crippen molar-refractivity contribution in [1.29, 1.82) is 0 Å². The molecular weight excluding hydrogens is 230 g/mol. The number of hydrogen-bond donors (Lipinski definition) is 1. The zero-order chi connectivity index (χ0) is 14.3. The van der Waals surface area contributed by atoms with Crippen LogP contribution in [0, 0.1) is 23.7 Å². The third-order valence-corrected chi connectivity index (χ3v) is 5.30. The number of hydrogen-bond acceptors (Lipinski definition) is 1. The summed E-state index contributed by atoms with van der Waals surface area (Å²) in [4.78, 5) is 0. The first kappa shape index (κ1) is 17.0. The average molecular weight is 268 g/mol. The molecule has 0 heterocycles. The Balaban J connectivity index is 2.61. The zero-order valence-electron chi connectivity index (χ0n) is 14.0. The minimum atomic E-state index is 0.635. The maximum absolute atomic E-state index is 3.70. The molecule has 1 N–H and O–H groups in total. The second-order valence-electron chi connectivity index (χ2n) is 7.03. The van der Waals surface area contributed by atoms with Gasteiger partial charge in [-0.15, -0.1) is 0 Å². The van der Waals surface area contributed by atoms with Gasteiger partial charge in [-0.1, -0.05) is 66.7 Å². The molecule has 19 heavy (non-hydrogen) atoms. The Morgan fingerprint density at radius 1 is 1.05 bits per heavy atom. The molecule has 114 valence electrons. The van der Waals surface area contributed by atoms with Gasteiger partial charge >= 0.3 is 0 Å². The molecule has 1 rings (SSSR count). The van der Waals surface area contributed by atoms with Gasteiger partial charge in [0.25, 0.3) is 0 Å². The molecule has 0 aromatic carbocycles. The summed E-state index contributed by atoms with van der Waals surface area (Å²) in [5.74, 6) is 3.89. The predicted molar refractivity (Wildman–Crippen MR) is 86.4 cm³/mol. The van der Waals surface area contributed by atoms with Gasteiger partial charge in [0.2, 0.25) is 0 Å². The lowest BCUT2D eigenvalue weighted by Crippen LogP contribution is -2.38. The summed E-state index contributed by atoms with van der Waals surface area (Å²) in [5, 5.41) is 3.70. The topological polar surface area (TPSA) is 12.0 Å². The molecule has 0 bridgehead atoms. The molecule has 0 aromatic heterocycles. The molecule has 1 nitrogen and oxygen atoms in total. The Kier molecular flexibility index (Phi) is 8.06. The Bertz CT molecular complexity index is 220. The summed E-state index contributed by atoms with van der Waals surface area (Å²) in [7, 11) is 0.